The van der Waals surface area contributed by atoms with Crippen LogP contribution < -0.4 is 4.90 Å². The van der Waals surface area contributed by atoms with E-state index in [1.807, 2.05) is 55.2 Å². The number of rotatable bonds is 5. The van der Waals surface area contributed by atoms with Crippen LogP contribution in [0, 0.1) is 0 Å². The summed E-state index contributed by atoms with van der Waals surface area (Å²) in [7, 11) is 5.79. The van der Waals surface area contributed by atoms with Gasteiger partial charge in [0.25, 0.3) is 0 Å². The second kappa shape index (κ2) is 8.99. The average Bonchev–Trinajstić information content (AvgIpc) is 3.12. The van der Waals surface area contributed by atoms with Crippen LogP contribution in [-0.4, -0.2) is 77.3 Å². The van der Waals surface area contributed by atoms with E-state index in [0.29, 0.717) is 32.5 Å². The molecule has 0 aliphatic carbocycles. The quantitative estimate of drug-likeness (QED) is 0.731. The number of likely N-dealkylation sites (tertiary alicyclic amines) is 2. The Morgan fingerprint density at radius 2 is 1.94 bits per heavy atom. The Balaban J connectivity index is 1.45. The predicted octanol–water partition coefficient (Wildman–Crippen LogP) is 1.83. The van der Waals surface area contributed by atoms with Crippen molar-refractivity contribution in [1.82, 2.24) is 24.8 Å². The molecule has 8 nitrogen and oxygen atoms in total. The van der Waals surface area contributed by atoms with Crippen LogP contribution in [0.15, 0.2) is 30.5 Å². The zero-order valence-corrected chi connectivity index (χ0v) is 18.5. The largest absolute Gasteiger partial charge is 0.363 e. The van der Waals surface area contributed by atoms with Gasteiger partial charge < -0.3 is 14.7 Å². The Labute approximate surface area is 183 Å². The molecule has 164 valence electrons. The van der Waals surface area contributed by atoms with Gasteiger partial charge in [-0.2, -0.15) is 0 Å². The van der Waals surface area contributed by atoms with Crippen molar-refractivity contribution >= 4 is 17.6 Å². The molecule has 8 heteroatoms. The summed E-state index contributed by atoms with van der Waals surface area (Å²) >= 11 is 0. The average molecular weight is 423 g/mol. The minimum absolute atomic E-state index is 0.109. The number of anilines is 1. The van der Waals surface area contributed by atoms with Crippen LogP contribution in [0.25, 0.3) is 0 Å². The lowest BCUT2D eigenvalue weighted by molar-refractivity contribution is -0.131. The monoisotopic (exact) mass is 422 g/mol. The molecule has 2 aromatic rings. The molecule has 0 N–H and O–H groups in total. The summed E-state index contributed by atoms with van der Waals surface area (Å²) in [5.74, 6) is 2.31. The van der Waals surface area contributed by atoms with E-state index in [1.165, 1.54) is 0 Å². The summed E-state index contributed by atoms with van der Waals surface area (Å²) in [6, 6.07) is 7.66. The zero-order chi connectivity index (χ0) is 22.0. The summed E-state index contributed by atoms with van der Waals surface area (Å²) in [6.45, 7) is 2.10. The zero-order valence-electron chi connectivity index (χ0n) is 18.5. The van der Waals surface area contributed by atoms with Gasteiger partial charge in [-0.05, 0) is 25.0 Å². The van der Waals surface area contributed by atoms with Crippen LogP contribution >= 0.6 is 0 Å². The minimum atomic E-state index is 0.109. The van der Waals surface area contributed by atoms with Gasteiger partial charge in [-0.15, -0.1) is 0 Å². The van der Waals surface area contributed by atoms with E-state index in [0.717, 1.165) is 35.9 Å². The number of carbonyl (C=O) groups excluding carboxylic acids is 2. The van der Waals surface area contributed by atoms with E-state index in [1.54, 1.807) is 11.1 Å². The van der Waals surface area contributed by atoms with Crippen LogP contribution in [0.4, 0.5) is 5.82 Å². The molecular formula is C23H30N6O2. The number of nitrogens with zero attached hydrogens (tertiary/aromatic N) is 6. The van der Waals surface area contributed by atoms with Crippen molar-refractivity contribution in [2.24, 2.45) is 0 Å². The molecule has 0 unspecified atom stereocenters. The highest BCUT2D eigenvalue weighted by atomic mass is 16.2. The van der Waals surface area contributed by atoms with Crippen molar-refractivity contribution in [2.45, 2.75) is 37.5 Å². The normalized spacial score (nSPS) is 19.7. The number of likely N-dealkylation sites (N-methyl/N-ethyl adjacent to an activating group) is 1. The molecule has 0 radical (unpaired) electrons. The first-order valence-electron chi connectivity index (χ1n) is 10.9. The molecule has 0 saturated carbocycles. The topological polar surface area (TPSA) is 82.5 Å². The highest BCUT2D eigenvalue weighted by molar-refractivity contribution is 5.79. The summed E-state index contributed by atoms with van der Waals surface area (Å²) in [6.07, 6.45) is 4.24. The maximum atomic E-state index is 12.7. The fourth-order valence-electron chi connectivity index (χ4n) is 4.31. The van der Waals surface area contributed by atoms with Gasteiger partial charge in [0.1, 0.15) is 11.6 Å². The van der Waals surface area contributed by atoms with Crippen molar-refractivity contribution in [2.75, 3.05) is 45.7 Å². The molecule has 2 amide bonds. The molecule has 2 aliphatic rings. The van der Waals surface area contributed by atoms with Crippen LogP contribution in [0.3, 0.4) is 0 Å². The van der Waals surface area contributed by atoms with Crippen LogP contribution in [-0.2, 0) is 16.0 Å². The molecule has 31 heavy (non-hydrogen) atoms. The Kier molecular flexibility index (Phi) is 6.15. The van der Waals surface area contributed by atoms with Crippen molar-refractivity contribution in [3.05, 3.63) is 47.7 Å². The first kappa shape index (κ1) is 21.2. The standard InChI is InChI=1S/C23H30N6O2/c1-27(2)20-14-19(17-12-21(30)28(3)15-17)25-23(26-20)16-7-10-29(11-8-16)22(31)13-18-6-4-5-9-24-18/h4-6,9,14,16-17H,7-8,10-13,15H2,1-3H3/t17-/m0/s1. The maximum Gasteiger partial charge on any atom is 0.228 e. The lowest BCUT2D eigenvalue weighted by atomic mass is 9.95. The molecule has 2 fully saturated rings. The first-order chi connectivity index (χ1) is 14.9. The van der Waals surface area contributed by atoms with Crippen molar-refractivity contribution < 1.29 is 9.59 Å². The minimum Gasteiger partial charge on any atom is -0.363 e. The predicted molar refractivity (Wildman–Crippen MR) is 118 cm³/mol. The van der Waals surface area contributed by atoms with E-state index in [-0.39, 0.29) is 23.7 Å². The molecule has 2 aliphatic heterocycles. The third-order valence-corrected chi connectivity index (χ3v) is 6.24. The van der Waals surface area contributed by atoms with Gasteiger partial charge in [-0.25, -0.2) is 9.97 Å². The van der Waals surface area contributed by atoms with E-state index >= 15 is 0 Å². The number of pyridine rings is 1. The lowest BCUT2D eigenvalue weighted by Gasteiger charge is -2.32. The van der Waals surface area contributed by atoms with E-state index in [9.17, 15) is 9.59 Å². The highest BCUT2D eigenvalue weighted by Crippen LogP contribution is 2.32. The molecule has 0 spiro atoms. The summed E-state index contributed by atoms with van der Waals surface area (Å²) in [5.41, 5.74) is 1.75. The van der Waals surface area contributed by atoms with Gasteiger partial charge in [0.15, 0.2) is 0 Å². The Morgan fingerprint density at radius 1 is 1.16 bits per heavy atom. The van der Waals surface area contributed by atoms with Gasteiger partial charge in [0, 0.05) is 77.0 Å². The number of amides is 2. The smallest absolute Gasteiger partial charge is 0.228 e. The Hall–Kier alpha value is -3.03. The van der Waals surface area contributed by atoms with E-state index in [4.69, 9.17) is 9.97 Å². The Morgan fingerprint density at radius 3 is 2.55 bits per heavy atom. The highest BCUT2D eigenvalue weighted by Gasteiger charge is 2.31. The van der Waals surface area contributed by atoms with Gasteiger partial charge >= 0.3 is 0 Å². The lowest BCUT2D eigenvalue weighted by Crippen LogP contribution is -2.39. The third kappa shape index (κ3) is 4.84. The number of aromatic nitrogens is 3. The summed E-state index contributed by atoms with van der Waals surface area (Å²) in [4.78, 5) is 44.3. The van der Waals surface area contributed by atoms with Crippen LogP contribution in [0.1, 0.15) is 48.3 Å². The van der Waals surface area contributed by atoms with E-state index in [2.05, 4.69) is 4.98 Å². The second-order valence-electron chi connectivity index (χ2n) is 8.73. The van der Waals surface area contributed by atoms with Crippen molar-refractivity contribution in [3.8, 4) is 0 Å². The van der Waals surface area contributed by atoms with Gasteiger partial charge in [-0.1, -0.05) is 6.07 Å². The number of hydrogen-bond donors (Lipinski definition) is 0. The fourth-order valence-corrected chi connectivity index (χ4v) is 4.31. The molecule has 0 aromatic carbocycles. The molecule has 0 bridgehead atoms. The molecule has 1 atom stereocenters. The summed E-state index contributed by atoms with van der Waals surface area (Å²) < 4.78 is 0. The van der Waals surface area contributed by atoms with Gasteiger partial charge in [0.05, 0.1) is 12.1 Å². The second-order valence-corrected chi connectivity index (χ2v) is 8.73. The van der Waals surface area contributed by atoms with Gasteiger partial charge in [0.2, 0.25) is 11.8 Å². The molecule has 2 aromatic heterocycles. The van der Waals surface area contributed by atoms with Crippen molar-refractivity contribution in [3.63, 3.8) is 0 Å². The molecule has 4 rings (SSSR count). The van der Waals surface area contributed by atoms with Crippen LogP contribution in [0.5, 0.6) is 0 Å². The SMILES string of the molecule is CN1C[C@@H](c2cc(N(C)C)nc(C3CCN(C(=O)Cc4ccccn4)CC3)n2)CC1=O. The van der Waals surface area contributed by atoms with Crippen LogP contribution in [0.2, 0.25) is 0 Å². The maximum absolute atomic E-state index is 12.7. The van der Waals surface area contributed by atoms with Crippen molar-refractivity contribution in [1.29, 1.82) is 0 Å². The molecule has 4 heterocycles. The molecular weight excluding hydrogens is 392 g/mol. The number of hydrogen-bond acceptors (Lipinski definition) is 6. The fraction of sp³-hybridized carbons (Fsp3) is 0.522. The Bertz CT molecular complexity index is 940. The number of piperidine rings is 1. The molecule has 2 saturated heterocycles. The number of carbonyl (C=O) groups is 2. The summed E-state index contributed by atoms with van der Waals surface area (Å²) in [5, 5.41) is 0. The van der Waals surface area contributed by atoms with E-state index < -0.39 is 0 Å². The third-order valence-electron chi connectivity index (χ3n) is 6.24. The van der Waals surface area contributed by atoms with Gasteiger partial charge in [-0.3, -0.25) is 14.6 Å². The first-order valence-corrected chi connectivity index (χ1v) is 10.9.